The zero-order valence-corrected chi connectivity index (χ0v) is 23.4. The molecule has 3 aromatic heterocycles. The lowest BCUT2D eigenvalue weighted by Gasteiger charge is -2.31. The van der Waals surface area contributed by atoms with Gasteiger partial charge in [0.1, 0.15) is 5.52 Å². The van der Waals surface area contributed by atoms with Crippen molar-refractivity contribution in [2.24, 2.45) is 5.92 Å². The molecular weight excluding hydrogens is 486 g/mol. The van der Waals surface area contributed by atoms with Gasteiger partial charge < -0.3 is 19.5 Å². The van der Waals surface area contributed by atoms with E-state index in [1.807, 2.05) is 18.6 Å². The van der Waals surface area contributed by atoms with Gasteiger partial charge in [-0.25, -0.2) is 9.97 Å². The molecule has 4 aromatic rings. The summed E-state index contributed by atoms with van der Waals surface area (Å²) in [6.07, 6.45) is 12.7. The summed E-state index contributed by atoms with van der Waals surface area (Å²) in [7, 11) is 4.29. The number of rotatable bonds is 7. The van der Waals surface area contributed by atoms with Crippen LogP contribution in [-0.2, 0) is 16.7 Å². The zero-order valence-electron chi connectivity index (χ0n) is 23.4. The van der Waals surface area contributed by atoms with E-state index in [-0.39, 0.29) is 0 Å². The second kappa shape index (κ2) is 9.84. The molecule has 2 atom stereocenters. The van der Waals surface area contributed by atoms with Crippen molar-refractivity contribution in [2.75, 3.05) is 46.9 Å². The third-order valence-electron chi connectivity index (χ3n) is 9.34. The molecule has 8 heteroatoms. The summed E-state index contributed by atoms with van der Waals surface area (Å²) in [5.41, 5.74) is 9.09. The molecule has 8 nitrogen and oxygen atoms in total. The summed E-state index contributed by atoms with van der Waals surface area (Å²) in [5, 5.41) is 4.76. The summed E-state index contributed by atoms with van der Waals surface area (Å²) in [6.45, 7) is 8.33. The number of hydrogen-bond acceptors (Lipinski definition) is 6. The number of H-pyrrole nitrogens is 1. The number of nitrogens with one attached hydrogen (secondary N) is 1. The van der Waals surface area contributed by atoms with Crippen LogP contribution in [0.3, 0.4) is 0 Å². The van der Waals surface area contributed by atoms with Crippen LogP contribution in [0.15, 0.2) is 43.0 Å². The van der Waals surface area contributed by atoms with E-state index in [0.29, 0.717) is 17.4 Å². The fourth-order valence-corrected chi connectivity index (χ4v) is 6.99. The first-order valence-electron chi connectivity index (χ1n) is 14.5. The largest absolute Gasteiger partial charge is 0.381 e. The van der Waals surface area contributed by atoms with Gasteiger partial charge in [-0.2, -0.15) is 5.10 Å². The van der Waals surface area contributed by atoms with Gasteiger partial charge in [-0.15, -0.1) is 0 Å². The Morgan fingerprint density at radius 1 is 1.15 bits per heavy atom. The molecule has 1 aromatic carbocycles. The van der Waals surface area contributed by atoms with Crippen LogP contribution in [0.25, 0.3) is 33.5 Å². The first-order chi connectivity index (χ1) is 19.0. The Morgan fingerprint density at radius 2 is 2.03 bits per heavy atom. The van der Waals surface area contributed by atoms with Gasteiger partial charge in [0, 0.05) is 60.7 Å². The maximum atomic E-state index is 5.77. The summed E-state index contributed by atoms with van der Waals surface area (Å²) >= 11 is 0. The average Bonchev–Trinajstić information content (AvgIpc) is 3.26. The number of ether oxygens (including phenoxy) is 1. The number of fused-ring (bicyclic) bond motifs is 2. The minimum atomic E-state index is 0.304. The molecule has 0 bridgehead atoms. The van der Waals surface area contributed by atoms with Crippen LogP contribution in [0, 0.1) is 5.92 Å². The molecule has 0 radical (unpaired) electrons. The van der Waals surface area contributed by atoms with Gasteiger partial charge in [-0.05, 0) is 69.4 Å². The monoisotopic (exact) mass is 525 g/mol. The topological polar surface area (TPSA) is 75.1 Å². The van der Waals surface area contributed by atoms with Crippen LogP contribution >= 0.6 is 0 Å². The molecular formula is C31H39N7O. The molecule has 2 aliphatic heterocycles. The molecule has 1 N–H and O–H groups in total. The van der Waals surface area contributed by atoms with Crippen LogP contribution in [0.2, 0.25) is 0 Å². The number of likely N-dealkylation sites (tertiary alicyclic amines) is 1. The average molecular weight is 526 g/mol. The van der Waals surface area contributed by atoms with Crippen LogP contribution in [0.1, 0.15) is 49.8 Å². The van der Waals surface area contributed by atoms with Gasteiger partial charge >= 0.3 is 0 Å². The lowest BCUT2D eigenvalue weighted by atomic mass is 9.84. The van der Waals surface area contributed by atoms with E-state index in [4.69, 9.17) is 19.8 Å². The maximum absolute atomic E-state index is 5.77. The highest BCUT2D eigenvalue weighted by molar-refractivity contribution is 5.91. The quantitative estimate of drug-likeness (QED) is 0.371. The van der Waals surface area contributed by atoms with E-state index in [2.05, 4.69) is 64.9 Å². The number of aromatic nitrogens is 5. The first-order valence-corrected chi connectivity index (χ1v) is 14.5. The minimum absolute atomic E-state index is 0.304. The van der Waals surface area contributed by atoms with E-state index in [9.17, 15) is 0 Å². The van der Waals surface area contributed by atoms with Crippen molar-refractivity contribution in [1.82, 2.24) is 34.5 Å². The number of aromatic amines is 1. The van der Waals surface area contributed by atoms with Crippen LogP contribution < -0.4 is 0 Å². The first kappa shape index (κ1) is 24.9. The minimum Gasteiger partial charge on any atom is -0.381 e. The molecule has 2 unspecified atom stereocenters. The molecule has 5 heterocycles. The standard InChI is InChI=1S/C31H39N7O/c1-4-37-10-7-25(8-11-37)38-19-23(15-34-38)26-16-32-30-29(26)35-28(17-33-30)21-5-6-27(22(13-21)18-36(2)3)31-9-12-39-20-24(31)14-31/h5-6,13,15-17,19,24-25H,4,7-12,14,18,20H2,1-3H3,(H,32,33). The Kier molecular flexibility index (Phi) is 6.29. The summed E-state index contributed by atoms with van der Waals surface area (Å²) in [6, 6.07) is 7.41. The lowest BCUT2D eigenvalue weighted by molar-refractivity contribution is 0.0800. The van der Waals surface area contributed by atoms with E-state index in [1.54, 1.807) is 0 Å². The zero-order chi connectivity index (χ0) is 26.6. The van der Waals surface area contributed by atoms with Crippen LogP contribution in [0.5, 0.6) is 0 Å². The molecule has 0 amide bonds. The summed E-state index contributed by atoms with van der Waals surface area (Å²) in [5.74, 6) is 0.664. The Labute approximate surface area is 230 Å². The van der Waals surface area contributed by atoms with Gasteiger partial charge in [0.15, 0.2) is 5.65 Å². The molecule has 39 heavy (non-hydrogen) atoms. The van der Waals surface area contributed by atoms with Crippen molar-refractivity contribution in [3.05, 3.63) is 54.1 Å². The molecule has 7 rings (SSSR count). The Hall–Kier alpha value is -3.07. The van der Waals surface area contributed by atoms with E-state index in [0.717, 1.165) is 92.2 Å². The van der Waals surface area contributed by atoms with Gasteiger partial charge in [0.2, 0.25) is 0 Å². The molecule has 1 saturated carbocycles. The molecule has 204 valence electrons. The fourth-order valence-electron chi connectivity index (χ4n) is 6.99. The number of piperidine rings is 1. The molecule has 3 fully saturated rings. The highest BCUT2D eigenvalue weighted by atomic mass is 16.5. The van der Waals surface area contributed by atoms with Gasteiger partial charge in [-0.1, -0.05) is 19.1 Å². The Bertz CT molecular complexity index is 1480. The Balaban J connectivity index is 1.20. The Morgan fingerprint density at radius 3 is 2.82 bits per heavy atom. The fraction of sp³-hybridized carbons (Fsp3) is 0.516. The summed E-state index contributed by atoms with van der Waals surface area (Å²) in [4.78, 5) is 18.0. The third-order valence-corrected chi connectivity index (χ3v) is 9.34. The molecule has 3 aliphatic rings. The van der Waals surface area contributed by atoms with Crippen molar-refractivity contribution >= 4 is 11.2 Å². The summed E-state index contributed by atoms with van der Waals surface area (Å²) < 4.78 is 7.93. The number of nitrogens with zero attached hydrogens (tertiary/aromatic N) is 6. The molecule has 2 saturated heterocycles. The van der Waals surface area contributed by atoms with Crippen LogP contribution in [-0.4, -0.2) is 81.5 Å². The second-order valence-corrected chi connectivity index (χ2v) is 12.0. The number of hydrogen-bond donors (Lipinski definition) is 1. The molecule has 0 spiro atoms. The van der Waals surface area contributed by atoms with E-state index in [1.165, 1.54) is 17.5 Å². The maximum Gasteiger partial charge on any atom is 0.156 e. The number of benzene rings is 1. The van der Waals surface area contributed by atoms with Crippen LogP contribution in [0.4, 0.5) is 0 Å². The van der Waals surface area contributed by atoms with E-state index >= 15 is 0 Å². The highest BCUT2D eigenvalue weighted by Crippen LogP contribution is 2.59. The van der Waals surface area contributed by atoms with Crippen molar-refractivity contribution < 1.29 is 4.74 Å². The van der Waals surface area contributed by atoms with Crippen molar-refractivity contribution in [3.63, 3.8) is 0 Å². The third kappa shape index (κ3) is 4.48. The van der Waals surface area contributed by atoms with Gasteiger partial charge in [-0.3, -0.25) is 4.68 Å². The molecule has 1 aliphatic carbocycles. The predicted octanol–water partition coefficient (Wildman–Crippen LogP) is 4.88. The van der Waals surface area contributed by atoms with Crippen molar-refractivity contribution in [1.29, 1.82) is 0 Å². The van der Waals surface area contributed by atoms with Crippen molar-refractivity contribution in [2.45, 2.75) is 50.6 Å². The van der Waals surface area contributed by atoms with Crippen molar-refractivity contribution in [3.8, 4) is 22.4 Å². The predicted molar refractivity (Wildman–Crippen MR) is 154 cm³/mol. The normalized spacial score (nSPS) is 23.9. The highest BCUT2D eigenvalue weighted by Gasteiger charge is 2.57. The van der Waals surface area contributed by atoms with E-state index < -0.39 is 0 Å². The van der Waals surface area contributed by atoms with Gasteiger partial charge in [0.05, 0.1) is 30.7 Å². The smallest absolute Gasteiger partial charge is 0.156 e. The van der Waals surface area contributed by atoms with Gasteiger partial charge in [0.25, 0.3) is 0 Å². The second-order valence-electron chi connectivity index (χ2n) is 12.0. The SMILES string of the molecule is CCN1CCC(n2cc(-c3c[nH]c4ncc(-c5ccc(C67CCOCC6C7)c(CN(C)C)c5)nc34)cn2)CC1. The lowest BCUT2D eigenvalue weighted by Crippen LogP contribution is -2.34.